The van der Waals surface area contributed by atoms with E-state index in [1.807, 2.05) is 4.90 Å². The maximum atomic E-state index is 13.9. The molecule has 1 aromatic carbocycles. The molecular weight excluding hydrogens is 349 g/mol. The molecule has 27 heavy (non-hydrogen) atoms. The van der Waals surface area contributed by atoms with Gasteiger partial charge in [-0.1, -0.05) is 12.1 Å². The number of hydrogen-bond acceptors (Lipinski definition) is 4. The number of hydrogen-bond donors (Lipinski definition) is 1. The number of halogens is 1. The van der Waals surface area contributed by atoms with Gasteiger partial charge in [-0.3, -0.25) is 9.59 Å². The molecule has 1 aromatic heterocycles. The van der Waals surface area contributed by atoms with Crippen molar-refractivity contribution in [3.05, 3.63) is 54.2 Å². The van der Waals surface area contributed by atoms with E-state index in [1.54, 1.807) is 49.1 Å². The summed E-state index contributed by atoms with van der Waals surface area (Å²) in [5.41, 5.74) is -0.646. The molecule has 1 saturated heterocycles. The van der Waals surface area contributed by atoms with Crippen LogP contribution < -0.4 is 10.2 Å². The second-order valence-electron chi connectivity index (χ2n) is 7.12. The van der Waals surface area contributed by atoms with Gasteiger partial charge in [-0.25, -0.2) is 4.39 Å². The first-order valence-corrected chi connectivity index (χ1v) is 8.99. The SMILES string of the molecule is CC(C)(C(=O)NCc1ccco1)C(=O)N1CCN(c2ccccc2F)CC1. The number of carbonyl (C=O) groups is 2. The first-order chi connectivity index (χ1) is 12.9. The quantitative estimate of drug-likeness (QED) is 0.818. The topological polar surface area (TPSA) is 65.8 Å². The average molecular weight is 373 g/mol. The lowest BCUT2D eigenvalue weighted by molar-refractivity contribution is -0.148. The van der Waals surface area contributed by atoms with Gasteiger partial charge in [-0.15, -0.1) is 0 Å². The summed E-state index contributed by atoms with van der Waals surface area (Å²) in [5.74, 6) is -0.215. The standard InChI is InChI=1S/C20H24FN3O3/c1-20(2,18(25)22-14-15-6-5-13-27-15)19(26)24-11-9-23(10-12-24)17-8-4-3-7-16(17)21/h3-8,13H,9-12,14H2,1-2H3,(H,22,25). The smallest absolute Gasteiger partial charge is 0.237 e. The number of benzene rings is 1. The van der Waals surface area contributed by atoms with E-state index in [0.717, 1.165) is 0 Å². The number of nitrogens with zero attached hydrogens (tertiary/aromatic N) is 2. The molecule has 0 saturated carbocycles. The van der Waals surface area contributed by atoms with Crippen molar-refractivity contribution in [2.75, 3.05) is 31.1 Å². The number of anilines is 1. The molecule has 1 aliphatic rings. The molecule has 2 amide bonds. The summed E-state index contributed by atoms with van der Waals surface area (Å²) in [7, 11) is 0. The molecule has 0 bridgehead atoms. The molecule has 0 spiro atoms. The van der Waals surface area contributed by atoms with Gasteiger partial charge in [-0.05, 0) is 38.1 Å². The molecule has 144 valence electrons. The maximum absolute atomic E-state index is 13.9. The van der Waals surface area contributed by atoms with Gasteiger partial charge >= 0.3 is 0 Å². The highest BCUT2D eigenvalue weighted by atomic mass is 19.1. The summed E-state index contributed by atoms with van der Waals surface area (Å²) < 4.78 is 19.1. The molecule has 1 fully saturated rings. The van der Waals surface area contributed by atoms with Crippen molar-refractivity contribution in [2.45, 2.75) is 20.4 Å². The van der Waals surface area contributed by atoms with Gasteiger partial charge in [0.15, 0.2) is 0 Å². The minimum absolute atomic E-state index is 0.229. The van der Waals surface area contributed by atoms with Crippen molar-refractivity contribution in [3.8, 4) is 0 Å². The first-order valence-electron chi connectivity index (χ1n) is 8.99. The molecule has 0 atom stereocenters. The highest BCUT2D eigenvalue weighted by Gasteiger charge is 2.40. The lowest BCUT2D eigenvalue weighted by atomic mass is 9.90. The van der Waals surface area contributed by atoms with Crippen LogP contribution in [0.1, 0.15) is 19.6 Å². The molecule has 7 heteroatoms. The normalized spacial score (nSPS) is 14.9. The van der Waals surface area contributed by atoms with Gasteiger partial charge in [0.25, 0.3) is 0 Å². The fourth-order valence-electron chi connectivity index (χ4n) is 3.15. The van der Waals surface area contributed by atoms with Crippen LogP contribution >= 0.6 is 0 Å². The van der Waals surface area contributed by atoms with E-state index in [0.29, 0.717) is 37.6 Å². The average Bonchev–Trinajstić information content (AvgIpc) is 3.19. The molecule has 0 radical (unpaired) electrons. The second kappa shape index (κ2) is 7.82. The Morgan fingerprint density at radius 2 is 1.81 bits per heavy atom. The lowest BCUT2D eigenvalue weighted by Crippen LogP contribution is -2.55. The summed E-state index contributed by atoms with van der Waals surface area (Å²) in [5, 5.41) is 2.75. The van der Waals surface area contributed by atoms with Gasteiger partial charge in [0, 0.05) is 26.2 Å². The van der Waals surface area contributed by atoms with Gasteiger partial charge in [0.2, 0.25) is 11.8 Å². The molecule has 0 aliphatic carbocycles. The Balaban J connectivity index is 1.57. The third-order valence-electron chi connectivity index (χ3n) is 4.87. The van der Waals surface area contributed by atoms with Crippen molar-refractivity contribution >= 4 is 17.5 Å². The largest absolute Gasteiger partial charge is 0.467 e. The zero-order chi connectivity index (χ0) is 19.4. The van der Waals surface area contributed by atoms with Crippen molar-refractivity contribution in [1.82, 2.24) is 10.2 Å². The van der Waals surface area contributed by atoms with E-state index >= 15 is 0 Å². The van der Waals surface area contributed by atoms with E-state index in [-0.39, 0.29) is 24.2 Å². The van der Waals surface area contributed by atoms with Crippen molar-refractivity contribution < 1.29 is 18.4 Å². The summed E-state index contributed by atoms with van der Waals surface area (Å²) in [6.45, 7) is 5.42. The molecule has 0 unspecified atom stereocenters. The Morgan fingerprint density at radius 1 is 1.11 bits per heavy atom. The zero-order valence-corrected chi connectivity index (χ0v) is 15.6. The minimum Gasteiger partial charge on any atom is -0.467 e. The second-order valence-corrected chi connectivity index (χ2v) is 7.12. The van der Waals surface area contributed by atoms with E-state index in [4.69, 9.17) is 4.42 Å². The van der Waals surface area contributed by atoms with Crippen LogP contribution in [0.4, 0.5) is 10.1 Å². The van der Waals surface area contributed by atoms with Crippen LogP contribution in [0, 0.1) is 11.2 Å². The summed E-state index contributed by atoms with van der Waals surface area (Å²) in [6, 6.07) is 10.1. The molecular formula is C20H24FN3O3. The van der Waals surface area contributed by atoms with E-state index in [2.05, 4.69) is 5.32 Å². The van der Waals surface area contributed by atoms with Crippen LogP contribution in [0.5, 0.6) is 0 Å². The Bertz CT molecular complexity index is 797. The van der Waals surface area contributed by atoms with Crippen LogP contribution in [0.25, 0.3) is 0 Å². The summed E-state index contributed by atoms with van der Waals surface area (Å²) >= 11 is 0. The number of furan rings is 1. The van der Waals surface area contributed by atoms with Gasteiger partial charge in [0.05, 0.1) is 18.5 Å². The number of piperazine rings is 1. The molecule has 3 rings (SSSR count). The van der Waals surface area contributed by atoms with Gasteiger partial charge in [0.1, 0.15) is 17.0 Å². The molecule has 6 nitrogen and oxygen atoms in total. The summed E-state index contributed by atoms with van der Waals surface area (Å²) in [4.78, 5) is 29.0. The third-order valence-corrected chi connectivity index (χ3v) is 4.87. The number of nitrogens with one attached hydrogen (secondary N) is 1. The number of amides is 2. The van der Waals surface area contributed by atoms with Crippen LogP contribution in [-0.4, -0.2) is 42.9 Å². The van der Waals surface area contributed by atoms with Crippen LogP contribution in [0.15, 0.2) is 47.1 Å². The fraction of sp³-hybridized carbons (Fsp3) is 0.400. The van der Waals surface area contributed by atoms with Gasteiger partial charge < -0.3 is 19.5 Å². The Morgan fingerprint density at radius 3 is 2.44 bits per heavy atom. The number of rotatable bonds is 5. The van der Waals surface area contributed by atoms with E-state index in [9.17, 15) is 14.0 Å². The first kappa shape index (κ1) is 18.9. The van der Waals surface area contributed by atoms with Crippen LogP contribution in [0.2, 0.25) is 0 Å². The van der Waals surface area contributed by atoms with E-state index in [1.165, 1.54) is 12.3 Å². The van der Waals surface area contributed by atoms with Crippen LogP contribution in [-0.2, 0) is 16.1 Å². The third kappa shape index (κ3) is 4.13. The Kier molecular flexibility index (Phi) is 5.48. The predicted molar refractivity (Wildman–Crippen MR) is 99.5 cm³/mol. The highest BCUT2D eigenvalue weighted by Crippen LogP contribution is 2.24. The van der Waals surface area contributed by atoms with Crippen molar-refractivity contribution in [2.24, 2.45) is 5.41 Å². The fourth-order valence-corrected chi connectivity index (χ4v) is 3.15. The molecule has 2 aromatic rings. The van der Waals surface area contributed by atoms with Crippen LogP contribution in [0.3, 0.4) is 0 Å². The Hall–Kier alpha value is -2.83. The molecule has 1 aliphatic heterocycles. The predicted octanol–water partition coefficient (Wildman–Crippen LogP) is 2.41. The van der Waals surface area contributed by atoms with Crippen molar-refractivity contribution in [1.29, 1.82) is 0 Å². The zero-order valence-electron chi connectivity index (χ0n) is 15.6. The van der Waals surface area contributed by atoms with E-state index < -0.39 is 5.41 Å². The number of carbonyl (C=O) groups excluding carboxylic acids is 2. The molecule has 1 N–H and O–H groups in total. The summed E-state index contributed by atoms with van der Waals surface area (Å²) in [6.07, 6.45) is 1.53. The molecule has 2 heterocycles. The van der Waals surface area contributed by atoms with Gasteiger partial charge in [-0.2, -0.15) is 0 Å². The maximum Gasteiger partial charge on any atom is 0.237 e. The highest BCUT2D eigenvalue weighted by molar-refractivity contribution is 6.04. The monoisotopic (exact) mass is 373 g/mol. The lowest BCUT2D eigenvalue weighted by Gasteiger charge is -2.39. The Labute approximate surface area is 157 Å². The minimum atomic E-state index is -1.19. The number of para-hydroxylation sites is 1. The van der Waals surface area contributed by atoms with Crippen molar-refractivity contribution in [3.63, 3.8) is 0 Å².